The van der Waals surface area contributed by atoms with Crippen LogP contribution >= 0.6 is 0 Å². The number of ether oxygens (including phenoxy) is 1. The summed E-state index contributed by atoms with van der Waals surface area (Å²) < 4.78 is 6.92. The molecule has 0 bridgehead atoms. The minimum absolute atomic E-state index is 0.399. The number of anilines is 1. The van der Waals surface area contributed by atoms with Crippen molar-refractivity contribution >= 4 is 39.7 Å². The van der Waals surface area contributed by atoms with Crippen LogP contribution in [0.5, 0.6) is 0 Å². The molecule has 1 heterocycles. The average molecular weight is 402 g/mol. The number of fused-ring (bicyclic) bond motifs is 2. The van der Waals surface area contributed by atoms with Gasteiger partial charge in [-0.15, -0.1) is 0 Å². The van der Waals surface area contributed by atoms with Crippen LogP contribution in [0.15, 0.2) is 60.7 Å². The first-order valence-electron chi connectivity index (χ1n) is 9.54. The van der Waals surface area contributed by atoms with Crippen molar-refractivity contribution in [2.45, 2.75) is 6.42 Å². The van der Waals surface area contributed by atoms with Gasteiger partial charge in [0.05, 0.1) is 19.9 Å². The Morgan fingerprint density at radius 3 is 2.53 bits per heavy atom. The number of carbonyl (C=O) groups is 2. The van der Waals surface area contributed by atoms with Crippen molar-refractivity contribution in [1.29, 1.82) is 0 Å². The molecule has 0 radical (unpaired) electrons. The summed E-state index contributed by atoms with van der Waals surface area (Å²) in [7, 11) is 4.65. The first kappa shape index (κ1) is 19.7. The van der Waals surface area contributed by atoms with E-state index in [1.54, 1.807) is 6.07 Å². The number of esters is 1. The van der Waals surface area contributed by atoms with E-state index in [0.717, 1.165) is 37.9 Å². The van der Waals surface area contributed by atoms with E-state index in [0.29, 0.717) is 24.2 Å². The molecule has 152 valence electrons. The Kier molecular flexibility index (Phi) is 5.25. The van der Waals surface area contributed by atoms with Gasteiger partial charge in [0, 0.05) is 24.4 Å². The molecule has 0 spiro atoms. The van der Waals surface area contributed by atoms with Gasteiger partial charge in [0.1, 0.15) is 5.69 Å². The predicted molar refractivity (Wildman–Crippen MR) is 117 cm³/mol. The summed E-state index contributed by atoms with van der Waals surface area (Å²) in [6.07, 6.45) is 1.15. The number of methoxy groups -OCH3 is 1. The Bertz CT molecular complexity index is 1250. The van der Waals surface area contributed by atoms with E-state index in [1.165, 1.54) is 14.2 Å². The number of rotatable bonds is 6. The quantitative estimate of drug-likeness (QED) is 0.275. The fraction of sp³-hybridized carbons (Fsp3) is 0.167. The maximum Gasteiger partial charge on any atom is 0.354 e. The van der Waals surface area contributed by atoms with Crippen molar-refractivity contribution in [1.82, 2.24) is 4.57 Å². The highest BCUT2D eigenvalue weighted by Gasteiger charge is 2.23. The largest absolute Gasteiger partial charge is 0.464 e. The van der Waals surface area contributed by atoms with E-state index >= 15 is 0 Å². The number of carbonyl (C=O) groups excluding carboxylic acids is 2. The van der Waals surface area contributed by atoms with Gasteiger partial charge in [-0.05, 0) is 40.1 Å². The lowest BCUT2D eigenvalue weighted by Gasteiger charge is -2.14. The van der Waals surface area contributed by atoms with Gasteiger partial charge in [0.15, 0.2) is 0 Å². The van der Waals surface area contributed by atoms with Crippen molar-refractivity contribution in [3.8, 4) is 0 Å². The highest BCUT2D eigenvalue weighted by atomic mass is 16.7. The highest BCUT2D eigenvalue weighted by molar-refractivity contribution is 6.01. The molecule has 0 saturated heterocycles. The van der Waals surface area contributed by atoms with Gasteiger partial charge in [-0.25, -0.2) is 4.79 Å². The molecule has 0 aliphatic rings. The molecule has 3 aromatic carbocycles. The molecule has 0 N–H and O–H groups in total. The zero-order chi connectivity index (χ0) is 21.3. The van der Waals surface area contributed by atoms with E-state index in [4.69, 9.17) is 9.57 Å². The van der Waals surface area contributed by atoms with E-state index in [2.05, 4.69) is 24.3 Å². The molecule has 4 aromatic rings. The summed E-state index contributed by atoms with van der Waals surface area (Å²) in [5.74, 6) is -0.399. The average Bonchev–Trinajstić information content (AvgIpc) is 3.05. The normalized spacial score (nSPS) is 11.0. The minimum Gasteiger partial charge on any atom is -0.464 e. The fourth-order valence-corrected chi connectivity index (χ4v) is 4.03. The molecule has 6 heteroatoms. The van der Waals surface area contributed by atoms with Crippen molar-refractivity contribution in [2.75, 3.05) is 19.3 Å². The smallest absolute Gasteiger partial charge is 0.354 e. The number of hydroxylamine groups is 1. The molecule has 0 saturated carbocycles. The number of aryl methyl sites for hydroxylation is 1. The summed E-state index contributed by atoms with van der Waals surface area (Å²) in [4.78, 5) is 29.1. The molecule has 1 aromatic heterocycles. The Hall–Kier alpha value is -3.64. The van der Waals surface area contributed by atoms with Gasteiger partial charge in [-0.1, -0.05) is 42.5 Å². The van der Waals surface area contributed by atoms with Crippen LogP contribution in [0.4, 0.5) is 5.69 Å². The zero-order valence-electron chi connectivity index (χ0n) is 17.1. The number of hydrogen-bond donors (Lipinski definition) is 0. The van der Waals surface area contributed by atoms with Gasteiger partial charge in [0.2, 0.25) is 6.41 Å². The molecule has 0 aliphatic carbocycles. The number of aromatic nitrogens is 1. The zero-order valence-corrected chi connectivity index (χ0v) is 17.1. The third-order valence-electron chi connectivity index (χ3n) is 5.46. The lowest BCUT2D eigenvalue weighted by atomic mass is 9.96. The molecule has 0 atom stereocenters. The molecule has 0 fully saturated rings. The van der Waals surface area contributed by atoms with Crippen LogP contribution in [0.3, 0.4) is 0 Å². The van der Waals surface area contributed by atoms with Gasteiger partial charge in [-0.2, -0.15) is 5.06 Å². The van der Waals surface area contributed by atoms with E-state index < -0.39 is 5.97 Å². The SMILES string of the molecule is COC(=O)c1c(Cc2cccc3ccccc23)c2cc(N(C=O)OC)ccc2n1C. The first-order chi connectivity index (χ1) is 14.6. The van der Waals surface area contributed by atoms with Crippen molar-refractivity contribution in [2.24, 2.45) is 7.05 Å². The fourth-order valence-electron chi connectivity index (χ4n) is 4.03. The van der Waals surface area contributed by atoms with Crippen molar-refractivity contribution in [3.63, 3.8) is 0 Å². The van der Waals surface area contributed by atoms with Crippen LogP contribution < -0.4 is 5.06 Å². The van der Waals surface area contributed by atoms with Gasteiger partial charge < -0.3 is 9.30 Å². The number of amides is 1. The Morgan fingerprint density at radius 1 is 1.03 bits per heavy atom. The predicted octanol–water partition coefficient (Wildman–Crippen LogP) is 4.23. The molecule has 4 rings (SSSR count). The molecule has 6 nitrogen and oxygen atoms in total. The molecule has 1 amide bonds. The summed E-state index contributed by atoms with van der Waals surface area (Å²) in [5, 5.41) is 4.29. The molecule has 0 unspecified atom stereocenters. The molecular formula is C24H22N2O4. The van der Waals surface area contributed by atoms with Gasteiger partial charge in [0.25, 0.3) is 0 Å². The van der Waals surface area contributed by atoms with Crippen LogP contribution in [0.2, 0.25) is 0 Å². The molecule has 30 heavy (non-hydrogen) atoms. The lowest BCUT2D eigenvalue weighted by Crippen LogP contribution is -2.18. The maximum atomic E-state index is 12.7. The lowest BCUT2D eigenvalue weighted by molar-refractivity contribution is -0.112. The third-order valence-corrected chi connectivity index (χ3v) is 5.46. The van der Waals surface area contributed by atoms with Gasteiger partial charge >= 0.3 is 5.97 Å². The summed E-state index contributed by atoms with van der Waals surface area (Å²) in [5.41, 5.74) is 3.90. The standard InChI is InChI=1S/C24H22N2O4/c1-25-22-12-11-18(26(15-27)30-3)14-20(22)21(23(25)24(28)29-2)13-17-9-6-8-16-7-4-5-10-19(16)17/h4-12,14-15H,13H2,1-3H3. The minimum atomic E-state index is -0.399. The molecular weight excluding hydrogens is 380 g/mol. The summed E-state index contributed by atoms with van der Waals surface area (Å²) >= 11 is 0. The number of benzene rings is 3. The summed E-state index contributed by atoms with van der Waals surface area (Å²) in [6, 6.07) is 19.8. The van der Waals surface area contributed by atoms with Crippen LogP contribution in [0, 0.1) is 0 Å². The Morgan fingerprint density at radius 2 is 1.80 bits per heavy atom. The van der Waals surface area contributed by atoms with E-state index in [1.807, 2.05) is 41.9 Å². The van der Waals surface area contributed by atoms with Gasteiger partial charge in [-0.3, -0.25) is 9.63 Å². The first-order valence-corrected chi connectivity index (χ1v) is 9.54. The van der Waals surface area contributed by atoms with Crippen LogP contribution in [0.1, 0.15) is 21.6 Å². The Labute approximate surface area is 174 Å². The monoisotopic (exact) mass is 402 g/mol. The second kappa shape index (κ2) is 8.00. The summed E-state index contributed by atoms with van der Waals surface area (Å²) in [6.45, 7) is 0. The van der Waals surface area contributed by atoms with E-state index in [-0.39, 0.29) is 0 Å². The Balaban J connectivity index is 1.96. The van der Waals surface area contributed by atoms with E-state index in [9.17, 15) is 9.59 Å². The second-order valence-corrected chi connectivity index (χ2v) is 7.01. The molecule has 0 aliphatic heterocycles. The second-order valence-electron chi connectivity index (χ2n) is 7.01. The maximum absolute atomic E-state index is 12.7. The number of nitrogens with zero attached hydrogens (tertiary/aromatic N) is 2. The van der Waals surface area contributed by atoms with Crippen LogP contribution in [-0.4, -0.2) is 31.2 Å². The number of hydrogen-bond acceptors (Lipinski definition) is 4. The highest BCUT2D eigenvalue weighted by Crippen LogP contribution is 2.33. The van der Waals surface area contributed by atoms with Crippen LogP contribution in [-0.2, 0) is 27.8 Å². The van der Waals surface area contributed by atoms with Crippen molar-refractivity contribution < 1.29 is 19.2 Å². The van der Waals surface area contributed by atoms with Crippen LogP contribution in [0.25, 0.3) is 21.7 Å². The topological polar surface area (TPSA) is 60.8 Å². The van der Waals surface area contributed by atoms with Crippen molar-refractivity contribution in [3.05, 3.63) is 77.5 Å². The third kappa shape index (κ3) is 3.21.